The van der Waals surface area contributed by atoms with Gasteiger partial charge in [0.25, 0.3) is 11.8 Å². The Morgan fingerprint density at radius 1 is 1.06 bits per heavy atom. The molecule has 1 aromatic heterocycles. The van der Waals surface area contributed by atoms with Crippen LogP contribution in [0.5, 0.6) is 0 Å². The molecule has 2 aromatic rings. The summed E-state index contributed by atoms with van der Waals surface area (Å²) in [6, 6.07) is 8.39. The molecule has 1 heterocycles. The van der Waals surface area contributed by atoms with Gasteiger partial charge >= 0.3 is 5.97 Å². The van der Waals surface area contributed by atoms with Gasteiger partial charge in [-0.05, 0) is 36.4 Å². The Morgan fingerprint density at radius 2 is 1.72 bits per heavy atom. The van der Waals surface area contributed by atoms with Gasteiger partial charge < -0.3 is 15.4 Å². The molecule has 0 aliphatic rings. The van der Waals surface area contributed by atoms with Crippen LogP contribution < -0.4 is 10.6 Å². The summed E-state index contributed by atoms with van der Waals surface area (Å²) in [4.78, 5) is 39.7. The minimum absolute atomic E-state index is 0.0679. The second-order valence-electron chi connectivity index (χ2n) is 6.37. The number of ether oxygens (including phenoxy) is 1. The summed E-state index contributed by atoms with van der Waals surface area (Å²) in [7, 11) is -3.63. The van der Waals surface area contributed by atoms with Crippen molar-refractivity contribution in [2.45, 2.75) is 18.7 Å². The summed E-state index contributed by atoms with van der Waals surface area (Å²) in [6.07, 6.45) is 1.35. The smallest absolute Gasteiger partial charge is 0.325 e. The van der Waals surface area contributed by atoms with E-state index in [2.05, 4.69) is 15.6 Å². The van der Waals surface area contributed by atoms with Crippen molar-refractivity contribution in [3.8, 4) is 0 Å². The fraction of sp³-hybridized carbons (Fsp3) is 0.300. The van der Waals surface area contributed by atoms with E-state index in [1.54, 1.807) is 13.8 Å². The molecule has 10 nitrogen and oxygen atoms in total. The van der Waals surface area contributed by atoms with Crippen molar-refractivity contribution >= 4 is 45.2 Å². The number of hydrogen-bond donors (Lipinski definition) is 2. The molecule has 1 aromatic carbocycles. The molecule has 0 bridgehead atoms. The molecule has 0 radical (unpaired) electrons. The van der Waals surface area contributed by atoms with Crippen LogP contribution in [0, 0.1) is 0 Å². The number of aromatic nitrogens is 1. The van der Waals surface area contributed by atoms with E-state index in [4.69, 9.17) is 16.3 Å². The molecule has 0 unspecified atom stereocenters. The van der Waals surface area contributed by atoms with Gasteiger partial charge in [-0.3, -0.25) is 14.4 Å². The maximum Gasteiger partial charge on any atom is 0.325 e. The summed E-state index contributed by atoms with van der Waals surface area (Å²) in [6.45, 7) is 3.11. The summed E-state index contributed by atoms with van der Waals surface area (Å²) in [5, 5.41) is 5.18. The predicted molar refractivity (Wildman–Crippen MR) is 118 cm³/mol. The summed E-state index contributed by atoms with van der Waals surface area (Å²) < 4.78 is 31.0. The first kappa shape index (κ1) is 25.2. The number of carbonyl (C=O) groups excluding carboxylic acids is 3. The van der Waals surface area contributed by atoms with Gasteiger partial charge in [-0.15, -0.1) is 0 Å². The van der Waals surface area contributed by atoms with E-state index in [1.807, 2.05) is 0 Å². The first-order valence-electron chi connectivity index (χ1n) is 9.62. The molecule has 0 atom stereocenters. The van der Waals surface area contributed by atoms with E-state index < -0.39 is 41.0 Å². The van der Waals surface area contributed by atoms with Crippen molar-refractivity contribution in [2.24, 2.45) is 0 Å². The van der Waals surface area contributed by atoms with Crippen molar-refractivity contribution in [3.05, 3.63) is 53.2 Å². The second kappa shape index (κ2) is 11.6. The zero-order valence-corrected chi connectivity index (χ0v) is 19.1. The van der Waals surface area contributed by atoms with Gasteiger partial charge in [0, 0.05) is 24.8 Å². The normalized spacial score (nSPS) is 11.1. The second-order valence-corrected chi connectivity index (χ2v) is 8.74. The average Bonchev–Trinajstić information content (AvgIpc) is 2.78. The Balaban J connectivity index is 1.82. The van der Waals surface area contributed by atoms with Crippen LogP contribution in [0.3, 0.4) is 0 Å². The van der Waals surface area contributed by atoms with E-state index in [1.165, 1.54) is 46.9 Å². The van der Waals surface area contributed by atoms with Crippen molar-refractivity contribution in [1.29, 1.82) is 0 Å². The highest BCUT2D eigenvalue weighted by Crippen LogP contribution is 2.16. The molecule has 0 aliphatic carbocycles. The summed E-state index contributed by atoms with van der Waals surface area (Å²) in [5.74, 6) is -1.78. The van der Waals surface area contributed by atoms with Crippen LogP contribution in [-0.4, -0.2) is 61.7 Å². The third-order valence-electron chi connectivity index (χ3n) is 4.21. The van der Waals surface area contributed by atoms with Crippen LogP contribution in [0.25, 0.3) is 0 Å². The maximum atomic E-state index is 12.5. The van der Waals surface area contributed by atoms with Crippen LogP contribution in [0.2, 0.25) is 5.02 Å². The first-order valence-corrected chi connectivity index (χ1v) is 11.4. The highest BCUT2D eigenvalue weighted by atomic mass is 35.5. The number of anilines is 1. The quantitative estimate of drug-likeness (QED) is 0.492. The topological polar surface area (TPSA) is 135 Å². The van der Waals surface area contributed by atoms with Gasteiger partial charge in [-0.25, -0.2) is 13.4 Å². The molecule has 2 amide bonds. The van der Waals surface area contributed by atoms with Crippen molar-refractivity contribution in [2.75, 3.05) is 31.6 Å². The fourth-order valence-electron chi connectivity index (χ4n) is 2.57. The molecular formula is C20H23ClN4O6S. The summed E-state index contributed by atoms with van der Waals surface area (Å²) in [5.41, 5.74) is 0.169. The molecule has 2 N–H and O–H groups in total. The Bertz CT molecular complexity index is 1050. The molecule has 2 rings (SSSR count). The lowest BCUT2D eigenvalue weighted by atomic mass is 10.2. The number of sulfonamides is 1. The molecule has 0 saturated carbocycles. The van der Waals surface area contributed by atoms with Crippen LogP contribution in [-0.2, 0) is 24.3 Å². The molecule has 32 heavy (non-hydrogen) atoms. The van der Waals surface area contributed by atoms with Crippen molar-refractivity contribution in [3.63, 3.8) is 0 Å². The Hall–Kier alpha value is -3.02. The largest absolute Gasteiger partial charge is 0.454 e. The van der Waals surface area contributed by atoms with Crippen LogP contribution in [0.15, 0.2) is 47.5 Å². The van der Waals surface area contributed by atoms with Crippen LogP contribution in [0.4, 0.5) is 5.82 Å². The number of carbonyl (C=O) groups is 3. The Kier molecular flexibility index (Phi) is 9.12. The van der Waals surface area contributed by atoms with Crippen LogP contribution >= 0.6 is 11.6 Å². The van der Waals surface area contributed by atoms with E-state index >= 15 is 0 Å². The number of pyridine rings is 1. The fourth-order valence-corrected chi connectivity index (χ4v) is 4.14. The monoisotopic (exact) mass is 482 g/mol. The maximum absolute atomic E-state index is 12.5. The highest BCUT2D eigenvalue weighted by Gasteiger charge is 2.21. The molecule has 12 heteroatoms. The molecule has 0 spiro atoms. The number of benzene rings is 1. The van der Waals surface area contributed by atoms with Gasteiger partial charge in [-0.1, -0.05) is 25.4 Å². The number of hydrogen-bond acceptors (Lipinski definition) is 7. The number of nitrogens with one attached hydrogen (secondary N) is 2. The Morgan fingerprint density at radius 3 is 2.28 bits per heavy atom. The number of nitrogens with zero attached hydrogens (tertiary/aromatic N) is 2. The number of amides is 2. The van der Waals surface area contributed by atoms with Gasteiger partial charge in [-0.2, -0.15) is 4.31 Å². The number of halogens is 1. The van der Waals surface area contributed by atoms with Gasteiger partial charge in [0.1, 0.15) is 12.4 Å². The van der Waals surface area contributed by atoms with E-state index in [9.17, 15) is 22.8 Å². The summed E-state index contributed by atoms with van der Waals surface area (Å²) >= 11 is 5.70. The SMILES string of the molecule is CCN(CC)S(=O)(=O)c1ccc(C(=O)NCC(=O)OCC(=O)Nc2ccc(Cl)cn2)cc1. The number of esters is 1. The lowest BCUT2D eigenvalue weighted by molar-refractivity contribution is -0.146. The van der Waals surface area contributed by atoms with Crippen molar-refractivity contribution < 1.29 is 27.5 Å². The van der Waals surface area contributed by atoms with Crippen LogP contribution in [0.1, 0.15) is 24.2 Å². The van der Waals surface area contributed by atoms with E-state index in [-0.39, 0.29) is 16.3 Å². The van der Waals surface area contributed by atoms with Gasteiger partial charge in [0.15, 0.2) is 6.61 Å². The minimum Gasteiger partial charge on any atom is -0.454 e. The average molecular weight is 483 g/mol. The lowest BCUT2D eigenvalue weighted by Crippen LogP contribution is -2.32. The van der Waals surface area contributed by atoms with E-state index in [0.29, 0.717) is 18.1 Å². The molecule has 0 aliphatic heterocycles. The third-order valence-corrected chi connectivity index (χ3v) is 6.50. The number of rotatable bonds is 10. The Labute approximate surface area is 191 Å². The zero-order valence-electron chi connectivity index (χ0n) is 17.5. The standard InChI is InChI=1S/C20H23ClN4O6S/c1-3-25(4-2)32(29,30)16-8-5-14(6-9-16)20(28)23-12-19(27)31-13-18(26)24-17-10-7-15(21)11-22-17/h5-11H,3-4,12-13H2,1-2H3,(H,23,28)(H,22,24,26). The predicted octanol–water partition coefficient (Wildman–Crippen LogP) is 1.68. The first-order chi connectivity index (χ1) is 15.2. The third kappa shape index (κ3) is 7.01. The van der Waals surface area contributed by atoms with Crippen molar-refractivity contribution in [1.82, 2.24) is 14.6 Å². The molecule has 0 saturated heterocycles. The molecular weight excluding hydrogens is 460 g/mol. The molecule has 172 valence electrons. The molecule has 0 fully saturated rings. The van der Waals surface area contributed by atoms with Gasteiger partial charge in [0.2, 0.25) is 10.0 Å². The van der Waals surface area contributed by atoms with E-state index in [0.717, 1.165) is 0 Å². The van der Waals surface area contributed by atoms with Gasteiger partial charge in [0.05, 0.1) is 9.92 Å². The zero-order chi connectivity index (χ0) is 23.7. The lowest BCUT2D eigenvalue weighted by Gasteiger charge is -2.18. The minimum atomic E-state index is -3.63. The highest BCUT2D eigenvalue weighted by molar-refractivity contribution is 7.89.